The summed E-state index contributed by atoms with van der Waals surface area (Å²) >= 11 is 0. The fourth-order valence-corrected chi connectivity index (χ4v) is 5.79. The number of carbonyl (C=O) groups is 1. The number of aromatic nitrogens is 2. The van der Waals surface area contributed by atoms with E-state index in [-0.39, 0.29) is 5.41 Å². The van der Waals surface area contributed by atoms with E-state index in [9.17, 15) is 4.79 Å². The number of fused-ring (bicyclic) bond motifs is 2. The second kappa shape index (κ2) is 8.16. The lowest BCUT2D eigenvalue weighted by atomic mass is 9.73. The number of amides is 1. The molecule has 2 aliphatic heterocycles. The molecule has 1 unspecified atom stereocenters. The van der Waals surface area contributed by atoms with Gasteiger partial charge in [0.1, 0.15) is 0 Å². The highest BCUT2D eigenvalue weighted by Gasteiger charge is 2.45. The monoisotopic (exact) mass is 408 g/mol. The van der Waals surface area contributed by atoms with Crippen molar-refractivity contribution in [1.82, 2.24) is 19.6 Å². The van der Waals surface area contributed by atoms with Crippen molar-refractivity contribution in [2.24, 2.45) is 7.05 Å². The molecule has 0 saturated carbocycles. The molecule has 1 aromatic heterocycles. The first-order chi connectivity index (χ1) is 14.6. The number of rotatable bonds is 4. The largest absolute Gasteiger partial charge is 0.378 e. The summed E-state index contributed by atoms with van der Waals surface area (Å²) in [5, 5.41) is 4.31. The van der Waals surface area contributed by atoms with Crippen LogP contribution >= 0.6 is 0 Å². The van der Waals surface area contributed by atoms with E-state index in [1.54, 1.807) is 0 Å². The molecule has 1 spiro atoms. The molecule has 160 valence electrons. The van der Waals surface area contributed by atoms with Crippen molar-refractivity contribution in [3.8, 4) is 0 Å². The first-order valence-electron chi connectivity index (χ1n) is 11.3. The molecule has 1 aromatic carbocycles. The number of piperidine rings is 1. The van der Waals surface area contributed by atoms with Crippen molar-refractivity contribution in [1.29, 1.82) is 0 Å². The Balaban J connectivity index is 1.27. The van der Waals surface area contributed by atoms with Gasteiger partial charge in [-0.05, 0) is 54.8 Å². The van der Waals surface area contributed by atoms with Crippen LogP contribution in [0.1, 0.15) is 48.3 Å². The van der Waals surface area contributed by atoms with Crippen LogP contribution in [-0.2, 0) is 28.5 Å². The predicted octanol–water partition coefficient (Wildman–Crippen LogP) is 2.69. The molecule has 0 N–H and O–H groups in total. The molecule has 2 aromatic rings. The van der Waals surface area contributed by atoms with E-state index in [1.807, 2.05) is 22.8 Å². The van der Waals surface area contributed by atoms with Gasteiger partial charge in [0.2, 0.25) is 5.91 Å². The van der Waals surface area contributed by atoms with Gasteiger partial charge in [-0.2, -0.15) is 5.10 Å². The molecule has 1 atom stereocenters. The first-order valence-corrected chi connectivity index (χ1v) is 11.3. The van der Waals surface area contributed by atoms with E-state index < -0.39 is 0 Å². The molecule has 0 radical (unpaired) electrons. The van der Waals surface area contributed by atoms with E-state index in [0.29, 0.717) is 31.5 Å². The van der Waals surface area contributed by atoms with Crippen LogP contribution in [0.3, 0.4) is 0 Å². The number of nitrogens with zero attached hydrogens (tertiary/aromatic N) is 4. The summed E-state index contributed by atoms with van der Waals surface area (Å²) in [5.74, 6) is 0.644. The molecule has 2 saturated heterocycles. The minimum atomic E-state index is 0.234. The Hall–Kier alpha value is -2.18. The second-order valence-corrected chi connectivity index (χ2v) is 9.26. The number of ether oxygens (including phenoxy) is 1. The highest BCUT2D eigenvalue weighted by Crippen LogP contribution is 2.52. The van der Waals surface area contributed by atoms with Gasteiger partial charge in [-0.1, -0.05) is 24.3 Å². The summed E-state index contributed by atoms with van der Waals surface area (Å²) in [7, 11) is 1.97. The molecular formula is C24H32N4O2. The summed E-state index contributed by atoms with van der Waals surface area (Å²) < 4.78 is 7.30. The number of morpholine rings is 1. The maximum Gasteiger partial charge on any atom is 0.223 e. The summed E-state index contributed by atoms with van der Waals surface area (Å²) in [5.41, 5.74) is 4.44. The number of carbonyl (C=O) groups excluding carboxylic acids is 1. The van der Waals surface area contributed by atoms with Crippen LogP contribution in [0.15, 0.2) is 36.7 Å². The maximum absolute atomic E-state index is 12.9. The molecule has 5 rings (SSSR count). The van der Waals surface area contributed by atoms with Gasteiger partial charge in [0, 0.05) is 44.9 Å². The quantitative estimate of drug-likeness (QED) is 0.781. The van der Waals surface area contributed by atoms with E-state index in [2.05, 4.69) is 40.5 Å². The van der Waals surface area contributed by atoms with Crippen molar-refractivity contribution in [3.63, 3.8) is 0 Å². The van der Waals surface area contributed by atoms with E-state index in [1.165, 1.54) is 29.5 Å². The molecule has 1 amide bonds. The number of hydrogen-bond acceptors (Lipinski definition) is 4. The summed E-state index contributed by atoms with van der Waals surface area (Å²) in [6, 6.07) is 8.91. The molecule has 2 fully saturated rings. The molecular weight excluding hydrogens is 376 g/mol. The number of likely N-dealkylation sites (tertiary alicyclic amines) is 1. The minimum Gasteiger partial charge on any atom is -0.378 e. The lowest BCUT2D eigenvalue weighted by Gasteiger charge is -2.40. The second-order valence-electron chi connectivity index (χ2n) is 9.26. The minimum absolute atomic E-state index is 0.234. The molecule has 6 heteroatoms. The fourth-order valence-electron chi connectivity index (χ4n) is 5.79. The maximum atomic E-state index is 12.9. The van der Waals surface area contributed by atoms with Crippen LogP contribution in [0.2, 0.25) is 0 Å². The van der Waals surface area contributed by atoms with Crippen molar-refractivity contribution >= 4 is 5.91 Å². The molecule has 3 aliphatic rings. The zero-order valence-corrected chi connectivity index (χ0v) is 17.9. The van der Waals surface area contributed by atoms with Crippen LogP contribution in [0.4, 0.5) is 0 Å². The number of hydrogen-bond donors (Lipinski definition) is 0. The van der Waals surface area contributed by atoms with Crippen molar-refractivity contribution in [2.75, 3.05) is 39.4 Å². The van der Waals surface area contributed by atoms with Crippen molar-refractivity contribution in [2.45, 2.75) is 43.6 Å². The van der Waals surface area contributed by atoms with Gasteiger partial charge in [-0.15, -0.1) is 0 Å². The molecule has 6 nitrogen and oxygen atoms in total. The third-order valence-corrected chi connectivity index (χ3v) is 7.37. The van der Waals surface area contributed by atoms with Gasteiger partial charge in [-0.3, -0.25) is 14.4 Å². The highest BCUT2D eigenvalue weighted by atomic mass is 16.5. The van der Waals surface area contributed by atoms with Crippen molar-refractivity contribution < 1.29 is 9.53 Å². The third kappa shape index (κ3) is 3.79. The van der Waals surface area contributed by atoms with Crippen LogP contribution in [0.5, 0.6) is 0 Å². The topological polar surface area (TPSA) is 50.6 Å². The molecule has 0 bridgehead atoms. The van der Waals surface area contributed by atoms with Gasteiger partial charge in [0.25, 0.3) is 0 Å². The van der Waals surface area contributed by atoms with E-state index in [0.717, 1.165) is 39.1 Å². The van der Waals surface area contributed by atoms with Gasteiger partial charge >= 0.3 is 0 Å². The Morgan fingerprint density at radius 1 is 1.17 bits per heavy atom. The standard InChI is InChI=1S/C24H32N4O2/c1-26-17-19(16-25-26)18-27-8-6-24(7-9-27)15-20(21-4-2-3-5-22(21)24)14-23(29)28-10-12-30-13-11-28/h2-5,16-17,20H,6-15,18H2,1H3. The van der Waals surface area contributed by atoms with E-state index in [4.69, 9.17) is 4.74 Å². The fraction of sp³-hybridized carbons (Fsp3) is 0.583. The smallest absolute Gasteiger partial charge is 0.223 e. The third-order valence-electron chi connectivity index (χ3n) is 7.37. The lowest BCUT2D eigenvalue weighted by Crippen LogP contribution is -2.42. The summed E-state index contributed by atoms with van der Waals surface area (Å²) in [6.07, 6.45) is 8.19. The van der Waals surface area contributed by atoms with Gasteiger partial charge < -0.3 is 9.64 Å². The van der Waals surface area contributed by atoms with Crippen LogP contribution in [0.25, 0.3) is 0 Å². The Labute approximate surface area is 178 Å². The van der Waals surface area contributed by atoms with Crippen LogP contribution < -0.4 is 0 Å². The van der Waals surface area contributed by atoms with E-state index >= 15 is 0 Å². The zero-order chi connectivity index (χ0) is 20.6. The average molecular weight is 409 g/mol. The Kier molecular flexibility index (Phi) is 5.37. The average Bonchev–Trinajstić information content (AvgIpc) is 3.32. The predicted molar refractivity (Wildman–Crippen MR) is 115 cm³/mol. The van der Waals surface area contributed by atoms with Crippen LogP contribution in [0, 0.1) is 0 Å². The Morgan fingerprint density at radius 2 is 1.93 bits per heavy atom. The number of aryl methyl sites for hydroxylation is 1. The molecule has 1 aliphatic carbocycles. The zero-order valence-electron chi connectivity index (χ0n) is 17.9. The van der Waals surface area contributed by atoms with Crippen molar-refractivity contribution in [3.05, 3.63) is 53.3 Å². The molecule has 30 heavy (non-hydrogen) atoms. The SMILES string of the molecule is Cn1cc(CN2CCC3(CC2)CC(CC(=O)N2CCOCC2)c2ccccc23)cn1. The molecule has 3 heterocycles. The first kappa shape index (κ1) is 19.8. The highest BCUT2D eigenvalue weighted by molar-refractivity contribution is 5.77. The normalized spacial score (nSPS) is 23.6. The Bertz CT molecular complexity index is 894. The van der Waals surface area contributed by atoms with Gasteiger partial charge in [0.05, 0.1) is 19.4 Å². The Morgan fingerprint density at radius 3 is 2.67 bits per heavy atom. The van der Waals surface area contributed by atoms with Crippen LogP contribution in [-0.4, -0.2) is 64.9 Å². The summed E-state index contributed by atoms with van der Waals surface area (Å²) in [4.78, 5) is 17.5. The van der Waals surface area contributed by atoms with Gasteiger partial charge in [0.15, 0.2) is 0 Å². The lowest BCUT2D eigenvalue weighted by molar-refractivity contribution is -0.135. The van der Waals surface area contributed by atoms with Gasteiger partial charge in [-0.25, -0.2) is 0 Å². The number of benzene rings is 1. The summed E-state index contributed by atoms with van der Waals surface area (Å²) in [6.45, 7) is 6.00.